The molecule has 0 aliphatic heterocycles. The summed E-state index contributed by atoms with van der Waals surface area (Å²) in [5.74, 6) is -1.11. The lowest BCUT2D eigenvalue weighted by Crippen LogP contribution is -2.12. The fraction of sp³-hybridized carbons (Fsp3) is 0.400. The molecule has 3 nitrogen and oxygen atoms in total. The molecule has 3 heteroatoms. The molecule has 0 fully saturated rings. The van der Waals surface area contributed by atoms with Crippen molar-refractivity contribution >= 4 is 5.97 Å². The zero-order chi connectivity index (χ0) is 9.84. The number of pyridine rings is 1. The maximum absolute atomic E-state index is 10.6. The van der Waals surface area contributed by atoms with Crippen LogP contribution >= 0.6 is 0 Å². The summed E-state index contributed by atoms with van der Waals surface area (Å²) in [5.41, 5.74) is 2.05. The number of carboxylic acids is 1. The van der Waals surface area contributed by atoms with Crippen LogP contribution in [0.2, 0.25) is 0 Å². The molecule has 0 saturated heterocycles. The van der Waals surface area contributed by atoms with Crippen molar-refractivity contribution in [1.29, 1.82) is 0 Å². The predicted octanol–water partition coefficient (Wildman–Crippen LogP) is 1.65. The van der Waals surface area contributed by atoms with Crippen LogP contribution in [-0.2, 0) is 11.2 Å². The van der Waals surface area contributed by atoms with Gasteiger partial charge in [0.15, 0.2) is 0 Å². The minimum absolute atomic E-state index is 0.344. The average Bonchev–Trinajstić information content (AvgIpc) is 2.04. The number of nitrogens with zero attached hydrogens (tertiary/aromatic N) is 1. The first-order chi connectivity index (χ1) is 6.09. The van der Waals surface area contributed by atoms with Gasteiger partial charge in [-0.05, 0) is 24.5 Å². The molecule has 0 aliphatic rings. The topological polar surface area (TPSA) is 50.2 Å². The van der Waals surface area contributed by atoms with E-state index in [0.717, 1.165) is 11.1 Å². The molecule has 0 spiro atoms. The lowest BCUT2D eigenvalue weighted by molar-refractivity contribution is -0.141. The highest BCUT2D eigenvalue weighted by Crippen LogP contribution is 2.08. The number of carboxylic acid groups (broad SMARTS) is 1. The molecule has 1 N–H and O–H groups in total. The second-order valence-electron chi connectivity index (χ2n) is 3.31. The van der Waals surface area contributed by atoms with Crippen molar-refractivity contribution in [3.05, 3.63) is 29.6 Å². The molecule has 1 aromatic rings. The molecule has 1 heterocycles. The Labute approximate surface area is 77.4 Å². The number of aromatic nitrogens is 1. The number of hydrogen-bond donors (Lipinski definition) is 1. The fourth-order valence-electron chi connectivity index (χ4n) is 1.17. The molecule has 0 saturated carbocycles. The van der Waals surface area contributed by atoms with Gasteiger partial charge in [-0.2, -0.15) is 0 Å². The lowest BCUT2D eigenvalue weighted by atomic mass is 10.0. The fourth-order valence-corrected chi connectivity index (χ4v) is 1.17. The van der Waals surface area contributed by atoms with Crippen LogP contribution in [0.15, 0.2) is 18.5 Å². The SMILES string of the molecule is Cc1cncc(C[C@H](C)C(=O)O)c1. The Morgan fingerprint density at radius 2 is 2.31 bits per heavy atom. The van der Waals surface area contributed by atoms with Gasteiger partial charge in [0.1, 0.15) is 0 Å². The predicted molar refractivity (Wildman–Crippen MR) is 49.5 cm³/mol. The van der Waals surface area contributed by atoms with E-state index in [1.165, 1.54) is 0 Å². The van der Waals surface area contributed by atoms with E-state index in [1.807, 2.05) is 13.0 Å². The zero-order valence-corrected chi connectivity index (χ0v) is 7.82. The molecule has 0 aliphatic carbocycles. The quantitative estimate of drug-likeness (QED) is 0.767. The van der Waals surface area contributed by atoms with Crippen molar-refractivity contribution in [2.45, 2.75) is 20.3 Å². The highest BCUT2D eigenvalue weighted by molar-refractivity contribution is 5.69. The van der Waals surface area contributed by atoms with Gasteiger partial charge in [-0.3, -0.25) is 9.78 Å². The first-order valence-corrected chi connectivity index (χ1v) is 4.23. The van der Waals surface area contributed by atoms with Gasteiger partial charge in [0.25, 0.3) is 0 Å². The molecule has 1 rings (SSSR count). The van der Waals surface area contributed by atoms with Gasteiger partial charge < -0.3 is 5.11 Å². The molecule has 0 amide bonds. The summed E-state index contributed by atoms with van der Waals surface area (Å²) in [4.78, 5) is 14.6. The van der Waals surface area contributed by atoms with E-state index in [2.05, 4.69) is 4.98 Å². The minimum Gasteiger partial charge on any atom is -0.481 e. The summed E-state index contributed by atoms with van der Waals surface area (Å²) >= 11 is 0. The highest BCUT2D eigenvalue weighted by Gasteiger charge is 2.11. The van der Waals surface area contributed by atoms with Crippen LogP contribution in [0.4, 0.5) is 0 Å². The van der Waals surface area contributed by atoms with Gasteiger partial charge in [0.2, 0.25) is 0 Å². The molecule has 0 unspecified atom stereocenters. The van der Waals surface area contributed by atoms with Crippen molar-refractivity contribution in [1.82, 2.24) is 4.98 Å². The average molecular weight is 179 g/mol. The number of rotatable bonds is 3. The monoisotopic (exact) mass is 179 g/mol. The van der Waals surface area contributed by atoms with Crippen molar-refractivity contribution in [2.75, 3.05) is 0 Å². The third kappa shape index (κ3) is 2.86. The van der Waals surface area contributed by atoms with E-state index in [-0.39, 0.29) is 5.92 Å². The molecule has 1 atom stereocenters. The third-order valence-electron chi connectivity index (χ3n) is 1.90. The summed E-state index contributed by atoms with van der Waals surface area (Å²) in [6.07, 6.45) is 4.02. The molecule has 0 bridgehead atoms. The van der Waals surface area contributed by atoms with E-state index < -0.39 is 5.97 Å². The van der Waals surface area contributed by atoms with E-state index in [0.29, 0.717) is 6.42 Å². The van der Waals surface area contributed by atoms with E-state index in [1.54, 1.807) is 19.3 Å². The minimum atomic E-state index is -0.762. The van der Waals surface area contributed by atoms with Gasteiger partial charge in [0.05, 0.1) is 5.92 Å². The van der Waals surface area contributed by atoms with Gasteiger partial charge in [-0.25, -0.2) is 0 Å². The second kappa shape index (κ2) is 4.03. The molecular weight excluding hydrogens is 166 g/mol. The maximum atomic E-state index is 10.6. The summed E-state index contributed by atoms with van der Waals surface area (Å²) in [5, 5.41) is 8.69. The standard InChI is InChI=1S/C10H13NO2/c1-7-3-9(6-11-5-7)4-8(2)10(12)13/h3,5-6,8H,4H2,1-2H3,(H,12,13)/t8-/m0/s1. The van der Waals surface area contributed by atoms with E-state index in [9.17, 15) is 4.79 Å². The van der Waals surface area contributed by atoms with E-state index >= 15 is 0 Å². The lowest BCUT2D eigenvalue weighted by Gasteiger charge is -2.05. The number of aliphatic carboxylic acids is 1. The summed E-state index contributed by atoms with van der Waals surface area (Å²) < 4.78 is 0. The number of aryl methyl sites for hydroxylation is 1. The van der Waals surface area contributed by atoms with Crippen molar-refractivity contribution in [3.63, 3.8) is 0 Å². The van der Waals surface area contributed by atoms with Crippen LogP contribution in [0.1, 0.15) is 18.1 Å². The van der Waals surface area contributed by atoms with Gasteiger partial charge in [0, 0.05) is 12.4 Å². The molecule has 0 radical (unpaired) electrons. The Balaban J connectivity index is 2.69. The molecule has 13 heavy (non-hydrogen) atoms. The van der Waals surface area contributed by atoms with Gasteiger partial charge >= 0.3 is 5.97 Å². The van der Waals surface area contributed by atoms with Crippen molar-refractivity contribution < 1.29 is 9.90 Å². The molecule has 70 valence electrons. The first-order valence-electron chi connectivity index (χ1n) is 4.23. The smallest absolute Gasteiger partial charge is 0.306 e. The summed E-state index contributed by atoms with van der Waals surface area (Å²) in [6, 6.07) is 1.96. The van der Waals surface area contributed by atoms with Crippen LogP contribution < -0.4 is 0 Å². The molecule has 0 aromatic carbocycles. The van der Waals surface area contributed by atoms with Crippen molar-refractivity contribution in [2.24, 2.45) is 5.92 Å². The Morgan fingerprint density at radius 3 is 2.85 bits per heavy atom. The van der Waals surface area contributed by atoms with E-state index in [4.69, 9.17) is 5.11 Å². The van der Waals surface area contributed by atoms with Crippen LogP contribution in [0.5, 0.6) is 0 Å². The Bertz CT molecular complexity index is 310. The van der Waals surface area contributed by atoms with Crippen LogP contribution in [0, 0.1) is 12.8 Å². The van der Waals surface area contributed by atoms with Crippen LogP contribution in [0.25, 0.3) is 0 Å². The highest BCUT2D eigenvalue weighted by atomic mass is 16.4. The normalized spacial score (nSPS) is 12.5. The number of carbonyl (C=O) groups is 1. The zero-order valence-electron chi connectivity index (χ0n) is 7.82. The van der Waals surface area contributed by atoms with Crippen LogP contribution in [-0.4, -0.2) is 16.1 Å². The van der Waals surface area contributed by atoms with Gasteiger partial charge in [-0.1, -0.05) is 13.0 Å². The second-order valence-corrected chi connectivity index (χ2v) is 3.31. The number of hydrogen-bond acceptors (Lipinski definition) is 2. The first kappa shape index (κ1) is 9.71. The Hall–Kier alpha value is -1.38. The third-order valence-corrected chi connectivity index (χ3v) is 1.90. The summed E-state index contributed by atoms with van der Waals surface area (Å²) in [7, 11) is 0. The Morgan fingerprint density at radius 1 is 1.62 bits per heavy atom. The molecular formula is C10H13NO2. The van der Waals surface area contributed by atoms with Gasteiger partial charge in [-0.15, -0.1) is 0 Å². The van der Waals surface area contributed by atoms with Crippen molar-refractivity contribution in [3.8, 4) is 0 Å². The Kier molecular flexibility index (Phi) is 3.01. The molecule has 1 aromatic heterocycles. The maximum Gasteiger partial charge on any atom is 0.306 e. The largest absolute Gasteiger partial charge is 0.481 e. The van der Waals surface area contributed by atoms with Crippen LogP contribution in [0.3, 0.4) is 0 Å². The summed E-state index contributed by atoms with van der Waals surface area (Å²) in [6.45, 7) is 3.65.